The third-order valence-corrected chi connectivity index (χ3v) is 4.46. The molecule has 7 nitrogen and oxygen atoms in total. The standard InChI is InChI=1S/C15H12F3N5O2S/c1-7(13-23-11(5-26-13)15(16,17)18)21-14(25)22-8-2-3-10-9(4-8)12(24)20-6-19-10/h2-7H,1H3,(H,19,20,24)(H2,21,22,25). The molecule has 0 aliphatic rings. The fourth-order valence-electron chi connectivity index (χ4n) is 2.19. The first-order valence-corrected chi connectivity index (χ1v) is 8.19. The van der Waals surface area contributed by atoms with Crippen LogP contribution in [0, 0.1) is 0 Å². The van der Waals surface area contributed by atoms with Crippen molar-refractivity contribution in [3.05, 3.63) is 51.0 Å². The summed E-state index contributed by atoms with van der Waals surface area (Å²) in [5, 5.41) is 6.35. The molecule has 1 unspecified atom stereocenters. The van der Waals surface area contributed by atoms with Gasteiger partial charge in [-0.1, -0.05) is 0 Å². The third kappa shape index (κ3) is 3.82. The maximum atomic E-state index is 12.6. The van der Waals surface area contributed by atoms with E-state index in [2.05, 4.69) is 25.6 Å². The number of halogens is 3. The van der Waals surface area contributed by atoms with Gasteiger partial charge in [-0.15, -0.1) is 11.3 Å². The second kappa shape index (κ2) is 6.75. The van der Waals surface area contributed by atoms with Crippen LogP contribution in [0.3, 0.4) is 0 Å². The Morgan fingerprint density at radius 2 is 2.12 bits per heavy atom. The van der Waals surface area contributed by atoms with Gasteiger partial charge in [0.1, 0.15) is 5.01 Å². The van der Waals surface area contributed by atoms with Crippen LogP contribution in [0.4, 0.5) is 23.7 Å². The van der Waals surface area contributed by atoms with Crippen LogP contribution >= 0.6 is 11.3 Å². The number of benzene rings is 1. The minimum absolute atomic E-state index is 0.131. The van der Waals surface area contributed by atoms with Crippen LogP contribution < -0.4 is 16.2 Å². The van der Waals surface area contributed by atoms with E-state index in [0.717, 1.165) is 16.7 Å². The van der Waals surface area contributed by atoms with E-state index in [1.807, 2.05) is 0 Å². The number of aromatic amines is 1. The Kier molecular flexibility index (Phi) is 4.64. The van der Waals surface area contributed by atoms with Crippen LogP contribution in [-0.4, -0.2) is 21.0 Å². The third-order valence-electron chi connectivity index (χ3n) is 3.43. The summed E-state index contributed by atoms with van der Waals surface area (Å²) >= 11 is 0.809. The fourth-order valence-corrected chi connectivity index (χ4v) is 3.02. The molecule has 2 heterocycles. The van der Waals surface area contributed by atoms with Gasteiger partial charge in [-0.05, 0) is 25.1 Å². The van der Waals surface area contributed by atoms with E-state index in [0.29, 0.717) is 16.6 Å². The SMILES string of the molecule is CC(NC(=O)Nc1ccc2nc[nH]c(=O)c2c1)c1nc(C(F)(F)F)cs1. The van der Waals surface area contributed by atoms with Gasteiger partial charge in [-0.3, -0.25) is 4.79 Å². The lowest BCUT2D eigenvalue weighted by atomic mass is 10.2. The van der Waals surface area contributed by atoms with Crippen molar-refractivity contribution in [2.75, 3.05) is 5.32 Å². The molecule has 3 N–H and O–H groups in total. The number of thiazole rings is 1. The maximum absolute atomic E-state index is 12.6. The lowest BCUT2D eigenvalue weighted by Crippen LogP contribution is -2.31. The number of hydrogen-bond acceptors (Lipinski definition) is 5. The highest BCUT2D eigenvalue weighted by Crippen LogP contribution is 2.31. The summed E-state index contributed by atoms with van der Waals surface area (Å²) in [5.41, 5.74) is -0.533. The first-order chi connectivity index (χ1) is 12.2. The number of hydrogen-bond donors (Lipinski definition) is 3. The number of nitrogens with zero attached hydrogens (tertiary/aromatic N) is 2. The smallest absolute Gasteiger partial charge is 0.329 e. The van der Waals surface area contributed by atoms with Crippen LogP contribution in [0.5, 0.6) is 0 Å². The van der Waals surface area contributed by atoms with Crippen LogP contribution in [0.25, 0.3) is 10.9 Å². The van der Waals surface area contributed by atoms with Crippen molar-refractivity contribution in [1.82, 2.24) is 20.3 Å². The van der Waals surface area contributed by atoms with E-state index >= 15 is 0 Å². The number of aromatic nitrogens is 3. The lowest BCUT2D eigenvalue weighted by molar-refractivity contribution is -0.140. The number of H-pyrrole nitrogens is 1. The van der Waals surface area contributed by atoms with Gasteiger partial charge in [-0.2, -0.15) is 13.2 Å². The number of alkyl halides is 3. The molecule has 2 amide bonds. The number of fused-ring (bicyclic) bond motifs is 1. The molecule has 0 aliphatic heterocycles. The number of nitrogens with one attached hydrogen (secondary N) is 3. The lowest BCUT2D eigenvalue weighted by Gasteiger charge is -2.12. The van der Waals surface area contributed by atoms with Crippen molar-refractivity contribution in [3.63, 3.8) is 0 Å². The van der Waals surface area contributed by atoms with Crippen molar-refractivity contribution in [3.8, 4) is 0 Å². The number of carbonyl (C=O) groups excluding carboxylic acids is 1. The Bertz CT molecular complexity index is 1010. The summed E-state index contributed by atoms with van der Waals surface area (Å²) in [7, 11) is 0. The predicted molar refractivity (Wildman–Crippen MR) is 90.0 cm³/mol. The van der Waals surface area contributed by atoms with Crippen LogP contribution in [0.15, 0.2) is 34.7 Å². The molecule has 0 aliphatic carbocycles. The molecule has 26 heavy (non-hydrogen) atoms. The van der Waals surface area contributed by atoms with Crippen molar-refractivity contribution in [2.45, 2.75) is 19.1 Å². The van der Waals surface area contributed by atoms with Crippen LogP contribution in [0.2, 0.25) is 0 Å². The van der Waals surface area contributed by atoms with Gasteiger partial charge in [-0.25, -0.2) is 14.8 Å². The molecule has 0 saturated heterocycles. The Morgan fingerprint density at radius 3 is 2.81 bits per heavy atom. The largest absolute Gasteiger partial charge is 0.434 e. The van der Waals surface area contributed by atoms with E-state index in [4.69, 9.17) is 0 Å². The van der Waals surface area contributed by atoms with Crippen molar-refractivity contribution < 1.29 is 18.0 Å². The van der Waals surface area contributed by atoms with Crippen molar-refractivity contribution in [2.24, 2.45) is 0 Å². The topological polar surface area (TPSA) is 99.8 Å². The summed E-state index contributed by atoms with van der Waals surface area (Å²) in [6, 6.07) is 3.23. The molecule has 0 bridgehead atoms. The monoisotopic (exact) mass is 383 g/mol. The number of rotatable bonds is 3. The molecule has 11 heteroatoms. The average Bonchev–Trinajstić information content (AvgIpc) is 3.06. The molecule has 0 radical (unpaired) electrons. The first-order valence-electron chi connectivity index (χ1n) is 7.31. The number of carbonyl (C=O) groups is 1. The van der Waals surface area contributed by atoms with Gasteiger partial charge in [0.05, 0.1) is 23.3 Å². The zero-order valence-corrected chi connectivity index (χ0v) is 14.0. The Morgan fingerprint density at radius 1 is 1.35 bits per heavy atom. The summed E-state index contributed by atoms with van der Waals surface area (Å²) in [6.07, 6.45) is -3.25. The van der Waals surface area contributed by atoms with E-state index in [1.165, 1.54) is 19.3 Å². The highest BCUT2D eigenvalue weighted by Gasteiger charge is 2.34. The molecular weight excluding hydrogens is 371 g/mol. The molecule has 2 aromatic heterocycles. The summed E-state index contributed by atoms with van der Waals surface area (Å²) in [4.78, 5) is 33.7. The highest BCUT2D eigenvalue weighted by molar-refractivity contribution is 7.09. The number of anilines is 1. The quantitative estimate of drug-likeness (QED) is 0.646. The molecule has 136 valence electrons. The Balaban J connectivity index is 1.69. The van der Waals surface area contributed by atoms with E-state index < -0.39 is 23.9 Å². The average molecular weight is 383 g/mol. The van der Waals surface area contributed by atoms with Gasteiger partial charge in [0.15, 0.2) is 5.69 Å². The summed E-state index contributed by atoms with van der Waals surface area (Å²) < 4.78 is 37.8. The highest BCUT2D eigenvalue weighted by atomic mass is 32.1. The summed E-state index contributed by atoms with van der Waals surface area (Å²) in [5.74, 6) is 0. The molecule has 3 rings (SSSR count). The number of urea groups is 1. The van der Waals surface area contributed by atoms with E-state index in [1.54, 1.807) is 12.1 Å². The molecule has 1 atom stereocenters. The number of amides is 2. The molecule has 3 aromatic rings. The minimum Gasteiger partial charge on any atom is -0.329 e. The second-order valence-electron chi connectivity index (χ2n) is 5.35. The van der Waals surface area contributed by atoms with Gasteiger partial charge < -0.3 is 15.6 Å². The van der Waals surface area contributed by atoms with Gasteiger partial charge in [0, 0.05) is 11.1 Å². The zero-order valence-electron chi connectivity index (χ0n) is 13.2. The van der Waals surface area contributed by atoms with Crippen molar-refractivity contribution >= 4 is 34.0 Å². The van der Waals surface area contributed by atoms with Gasteiger partial charge in [0.25, 0.3) is 5.56 Å². The molecular formula is C15H12F3N5O2S. The van der Waals surface area contributed by atoms with E-state index in [9.17, 15) is 22.8 Å². The van der Waals surface area contributed by atoms with E-state index in [-0.39, 0.29) is 10.6 Å². The first kappa shape index (κ1) is 17.9. The fraction of sp³-hybridized carbons (Fsp3) is 0.200. The summed E-state index contributed by atoms with van der Waals surface area (Å²) in [6.45, 7) is 1.52. The van der Waals surface area contributed by atoms with Crippen molar-refractivity contribution in [1.29, 1.82) is 0 Å². The Hall–Kier alpha value is -2.95. The molecule has 0 spiro atoms. The minimum atomic E-state index is -4.52. The van der Waals surface area contributed by atoms with Crippen LogP contribution in [0.1, 0.15) is 23.7 Å². The van der Waals surface area contributed by atoms with Crippen LogP contribution in [-0.2, 0) is 6.18 Å². The predicted octanol–water partition coefficient (Wildman–Crippen LogP) is 3.28. The maximum Gasteiger partial charge on any atom is 0.434 e. The van der Waals surface area contributed by atoms with Gasteiger partial charge in [0.2, 0.25) is 0 Å². The Labute approximate surface area is 148 Å². The second-order valence-corrected chi connectivity index (χ2v) is 6.24. The zero-order chi connectivity index (χ0) is 18.9. The normalized spacial score (nSPS) is 12.8. The molecule has 1 aromatic carbocycles. The molecule has 0 fully saturated rings. The van der Waals surface area contributed by atoms with Gasteiger partial charge >= 0.3 is 12.2 Å². The molecule has 0 saturated carbocycles.